The standard InChI is InChI=1S/C40H42Cl2N4O10S2/c1-23(7-11-27-13-9-25(21-43-35(47)19-41)17-33(27)57(51,52)53)45-31-15-16-32(38-37(31)39(49)29-5-3-4-6-30(29)40(38)50)46-24(2)8-12-28-14-10-26(22-44-36(48)20-42)18-34(28)58(54,55)56/h3-6,9-10,13-18,23-24,45-46H,7-8,11-12,19-22H2,1-2H3,(H,43,47)(H,44,48)(H,51,52,53)(H,54,55,56). The quantitative estimate of drug-likeness (QED) is 0.0472. The third-order valence-corrected chi connectivity index (χ3v) is 12.0. The van der Waals surface area contributed by atoms with Crippen molar-refractivity contribution >= 4 is 78.2 Å². The molecular weight excluding hydrogens is 831 g/mol. The minimum Gasteiger partial charge on any atom is -0.382 e. The molecule has 2 unspecified atom stereocenters. The lowest BCUT2D eigenvalue weighted by Gasteiger charge is -2.27. The van der Waals surface area contributed by atoms with Crippen molar-refractivity contribution in [2.24, 2.45) is 0 Å². The fourth-order valence-electron chi connectivity index (χ4n) is 6.69. The molecule has 1 aliphatic carbocycles. The van der Waals surface area contributed by atoms with Gasteiger partial charge in [0.15, 0.2) is 11.6 Å². The molecule has 0 saturated carbocycles. The van der Waals surface area contributed by atoms with Crippen molar-refractivity contribution < 1.29 is 45.1 Å². The Bertz CT molecular complexity index is 2310. The number of halogens is 2. The minimum absolute atomic E-state index is 0.0126. The first kappa shape index (κ1) is 44.3. The Morgan fingerprint density at radius 1 is 0.621 bits per heavy atom. The van der Waals surface area contributed by atoms with Crippen LogP contribution in [0.15, 0.2) is 82.6 Å². The largest absolute Gasteiger partial charge is 0.382 e. The first-order valence-electron chi connectivity index (χ1n) is 18.1. The van der Waals surface area contributed by atoms with Gasteiger partial charge in [0.1, 0.15) is 11.8 Å². The van der Waals surface area contributed by atoms with Gasteiger partial charge in [-0.15, -0.1) is 23.2 Å². The fourth-order valence-corrected chi connectivity index (χ4v) is 8.48. The smallest absolute Gasteiger partial charge is 0.294 e. The first-order valence-corrected chi connectivity index (χ1v) is 22.1. The van der Waals surface area contributed by atoms with Gasteiger partial charge in [0.2, 0.25) is 11.8 Å². The SMILES string of the molecule is CC(CCc1ccc(CNC(=O)CCl)cc1S(=O)(=O)O)Nc1ccc(NC(C)CCc2ccc(CNC(=O)CCl)cc2S(=O)(=O)O)c2c1C(=O)c1ccccc1C2=O. The minimum atomic E-state index is -4.61. The predicted octanol–water partition coefficient (Wildman–Crippen LogP) is 5.53. The van der Waals surface area contributed by atoms with E-state index >= 15 is 0 Å². The summed E-state index contributed by atoms with van der Waals surface area (Å²) in [5.41, 5.74) is 3.13. The van der Waals surface area contributed by atoms with Crippen molar-refractivity contribution in [3.05, 3.63) is 117 Å². The van der Waals surface area contributed by atoms with Crippen LogP contribution in [0.5, 0.6) is 0 Å². The lowest BCUT2D eigenvalue weighted by atomic mass is 9.82. The number of carbonyl (C=O) groups is 4. The monoisotopic (exact) mass is 872 g/mol. The van der Waals surface area contributed by atoms with Gasteiger partial charge in [-0.25, -0.2) is 0 Å². The van der Waals surface area contributed by atoms with Gasteiger partial charge in [-0.05, 0) is 86.1 Å². The molecule has 2 amide bonds. The van der Waals surface area contributed by atoms with E-state index in [0.717, 1.165) is 0 Å². The van der Waals surface area contributed by atoms with Crippen molar-refractivity contribution in [2.75, 3.05) is 22.4 Å². The summed E-state index contributed by atoms with van der Waals surface area (Å²) in [7, 11) is -9.23. The number of hydrogen-bond donors (Lipinski definition) is 6. The van der Waals surface area contributed by atoms with E-state index in [9.17, 15) is 45.1 Å². The normalized spacial score (nSPS) is 13.6. The number of alkyl halides is 2. The number of anilines is 2. The second kappa shape index (κ2) is 18.8. The van der Waals surface area contributed by atoms with Crippen molar-refractivity contribution in [3.8, 4) is 0 Å². The van der Waals surface area contributed by atoms with E-state index in [1.165, 1.54) is 12.1 Å². The maximum atomic E-state index is 14.1. The molecule has 0 aliphatic heterocycles. The van der Waals surface area contributed by atoms with Crippen LogP contribution in [-0.4, -0.2) is 73.2 Å². The van der Waals surface area contributed by atoms with Crippen LogP contribution in [0.25, 0.3) is 0 Å². The zero-order valence-corrected chi connectivity index (χ0v) is 34.6. The average molecular weight is 874 g/mol. The van der Waals surface area contributed by atoms with Crippen LogP contribution in [-0.2, 0) is 55.8 Å². The average Bonchev–Trinajstić information content (AvgIpc) is 3.19. The molecule has 1 aliphatic rings. The van der Waals surface area contributed by atoms with E-state index in [0.29, 0.717) is 46.5 Å². The Labute approximate surface area is 346 Å². The number of benzene rings is 4. The van der Waals surface area contributed by atoms with Crippen LogP contribution in [0.2, 0.25) is 0 Å². The molecular formula is C40H42Cl2N4O10S2. The first-order chi connectivity index (χ1) is 27.4. The van der Waals surface area contributed by atoms with Crippen molar-refractivity contribution in [2.45, 2.75) is 74.5 Å². The zero-order valence-electron chi connectivity index (χ0n) is 31.5. The summed E-state index contributed by atoms with van der Waals surface area (Å²) in [5, 5.41) is 11.7. The summed E-state index contributed by atoms with van der Waals surface area (Å²) >= 11 is 11.0. The van der Waals surface area contributed by atoms with Crippen LogP contribution in [0, 0.1) is 0 Å². The van der Waals surface area contributed by atoms with Gasteiger partial charge < -0.3 is 21.3 Å². The molecule has 308 valence electrons. The van der Waals surface area contributed by atoms with Crippen LogP contribution in [0.3, 0.4) is 0 Å². The third-order valence-electron chi connectivity index (χ3n) is 9.61. The number of amides is 2. The molecule has 0 spiro atoms. The van der Waals surface area contributed by atoms with Gasteiger partial charge >= 0.3 is 0 Å². The highest BCUT2D eigenvalue weighted by Crippen LogP contribution is 2.37. The number of aryl methyl sites for hydroxylation is 2. The highest BCUT2D eigenvalue weighted by molar-refractivity contribution is 7.86. The summed E-state index contributed by atoms with van der Waals surface area (Å²) in [5.74, 6) is -2.15. The van der Waals surface area contributed by atoms with Crippen molar-refractivity contribution in [1.29, 1.82) is 0 Å². The number of nitrogens with one attached hydrogen (secondary N) is 4. The second-order valence-electron chi connectivity index (χ2n) is 13.9. The highest BCUT2D eigenvalue weighted by Gasteiger charge is 2.34. The maximum Gasteiger partial charge on any atom is 0.294 e. The molecule has 0 fully saturated rings. The third kappa shape index (κ3) is 10.8. The van der Waals surface area contributed by atoms with Crippen LogP contribution in [0.4, 0.5) is 11.4 Å². The number of rotatable bonds is 18. The number of ketones is 2. The van der Waals surface area contributed by atoms with Gasteiger partial charge in [-0.1, -0.05) is 48.5 Å². The van der Waals surface area contributed by atoms with Crippen LogP contribution < -0.4 is 21.3 Å². The van der Waals surface area contributed by atoms with Gasteiger partial charge in [-0.3, -0.25) is 28.3 Å². The maximum absolute atomic E-state index is 14.1. The molecule has 0 aromatic heterocycles. The molecule has 14 nitrogen and oxygen atoms in total. The summed E-state index contributed by atoms with van der Waals surface area (Å²) in [4.78, 5) is 50.7. The van der Waals surface area contributed by atoms with E-state index < -0.39 is 32.1 Å². The molecule has 4 aromatic rings. The van der Waals surface area contributed by atoms with E-state index in [4.69, 9.17) is 23.2 Å². The Kier molecular flexibility index (Phi) is 14.4. The summed E-state index contributed by atoms with van der Waals surface area (Å²) < 4.78 is 69.2. The second-order valence-corrected chi connectivity index (χ2v) is 17.3. The fraction of sp³-hybridized carbons (Fsp3) is 0.300. The molecule has 4 aromatic carbocycles. The van der Waals surface area contributed by atoms with E-state index in [1.807, 2.05) is 13.8 Å². The zero-order chi connectivity index (χ0) is 42.4. The van der Waals surface area contributed by atoms with Crippen molar-refractivity contribution in [3.63, 3.8) is 0 Å². The summed E-state index contributed by atoms with van der Waals surface area (Å²) in [6.45, 7) is 3.68. The Morgan fingerprint density at radius 3 is 1.34 bits per heavy atom. The lowest BCUT2D eigenvalue weighted by molar-refractivity contribution is -0.119. The molecule has 0 heterocycles. The lowest BCUT2D eigenvalue weighted by Crippen LogP contribution is -2.27. The molecule has 0 saturated heterocycles. The van der Waals surface area contributed by atoms with E-state index in [1.54, 1.807) is 60.7 Å². The molecule has 0 bridgehead atoms. The number of hydrogen-bond acceptors (Lipinski definition) is 10. The molecule has 0 radical (unpaired) electrons. The summed E-state index contributed by atoms with van der Waals surface area (Å²) in [6, 6.07) is 18.1. The van der Waals surface area contributed by atoms with E-state index in [2.05, 4.69) is 21.3 Å². The van der Waals surface area contributed by atoms with Gasteiger partial charge in [0.05, 0.1) is 20.9 Å². The van der Waals surface area contributed by atoms with Gasteiger partial charge in [-0.2, -0.15) is 16.8 Å². The summed E-state index contributed by atoms with van der Waals surface area (Å²) in [6.07, 6.45) is 1.12. The Hall–Kier alpha value is -4.84. The Morgan fingerprint density at radius 2 is 1.00 bits per heavy atom. The molecule has 6 N–H and O–H groups in total. The van der Waals surface area contributed by atoms with Gasteiger partial charge in [0.25, 0.3) is 20.2 Å². The Balaban J connectivity index is 1.36. The topological polar surface area (TPSA) is 225 Å². The molecule has 5 rings (SSSR count). The van der Waals surface area contributed by atoms with Crippen LogP contribution in [0.1, 0.15) is 80.8 Å². The van der Waals surface area contributed by atoms with Gasteiger partial charge in [0, 0.05) is 47.7 Å². The van der Waals surface area contributed by atoms with E-state index in [-0.39, 0.29) is 93.4 Å². The molecule has 18 heteroatoms. The van der Waals surface area contributed by atoms with Crippen LogP contribution >= 0.6 is 23.2 Å². The number of fused-ring (bicyclic) bond motifs is 2. The molecule has 2 atom stereocenters. The molecule has 58 heavy (non-hydrogen) atoms. The number of carbonyl (C=O) groups excluding carboxylic acids is 4. The highest BCUT2D eigenvalue weighted by atomic mass is 35.5. The van der Waals surface area contributed by atoms with Crippen molar-refractivity contribution in [1.82, 2.24) is 10.6 Å². The predicted molar refractivity (Wildman–Crippen MR) is 220 cm³/mol.